The van der Waals surface area contributed by atoms with Crippen LogP contribution in [0.15, 0.2) is 79.1 Å². The average Bonchev–Trinajstić information content (AvgIpc) is 3.32. The first-order valence-corrected chi connectivity index (χ1v) is 10.7. The Morgan fingerprint density at radius 3 is 2.51 bits per heavy atom. The predicted octanol–water partition coefficient (Wildman–Crippen LogP) is 4.51. The molecule has 3 heterocycles. The molecule has 0 spiro atoms. The van der Waals surface area contributed by atoms with E-state index in [-0.39, 0.29) is 0 Å². The molecular formula is C25H21N7O3. The number of ether oxygens (including phenoxy) is 2. The highest BCUT2D eigenvalue weighted by atomic mass is 16.5. The van der Waals surface area contributed by atoms with E-state index in [1.807, 2.05) is 42.5 Å². The van der Waals surface area contributed by atoms with Crippen molar-refractivity contribution in [1.82, 2.24) is 24.8 Å². The van der Waals surface area contributed by atoms with Crippen molar-refractivity contribution in [3.05, 3.63) is 79.1 Å². The van der Waals surface area contributed by atoms with Crippen LogP contribution in [0.3, 0.4) is 0 Å². The Hall–Kier alpha value is -4.99. The van der Waals surface area contributed by atoms with Crippen LogP contribution in [-0.2, 0) is 0 Å². The Morgan fingerprint density at radius 1 is 0.857 bits per heavy atom. The maximum atomic E-state index is 12.7. The first-order chi connectivity index (χ1) is 17.1. The third kappa shape index (κ3) is 4.58. The summed E-state index contributed by atoms with van der Waals surface area (Å²) >= 11 is 0. The molecule has 5 rings (SSSR count). The van der Waals surface area contributed by atoms with Gasteiger partial charge in [0.2, 0.25) is 0 Å². The first-order valence-electron chi connectivity index (χ1n) is 10.7. The molecule has 0 saturated carbocycles. The number of carbonyl (C=O) groups is 1. The van der Waals surface area contributed by atoms with Crippen molar-refractivity contribution in [3.8, 4) is 34.1 Å². The van der Waals surface area contributed by atoms with Gasteiger partial charge in [-0.05, 0) is 48.5 Å². The molecule has 0 aliphatic rings. The number of hydrogen-bond donors (Lipinski definition) is 2. The number of nitrogens with one attached hydrogen (secondary N) is 2. The van der Waals surface area contributed by atoms with Gasteiger partial charge in [-0.25, -0.2) is 4.79 Å². The number of fused-ring (bicyclic) bond motifs is 1. The number of pyridine rings is 1. The maximum absolute atomic E-state index is 12.7. The summed E-state index contributed by atoms with van der Waals surface area (Å²) in [6.45, 7) is 0. The van der Waals surface area contributed by atoms with Gasteiger partial charge in [0.25, 0.3) is 0 Å². The average molecular weight is 467 g/mol. The molecule has 0 aliphatic carbocycles. The molecule has 2 amide bonds. The van der Waals surface area contributed by atoms with Crippen molar-refractivity contribution in [2.45, 2.75) is 0 Å². The van der Waals surface area contributed by atoms with Crippen molar-refractivity contribution in [1.29, 1.82) is 0 Å². The number of carbonyl (C=O) groups excluding carboxylic acids is 1. The van der Waals surface area contributed by atoms with E-state index in [9.17, 15) is 4.79 Å². The number of nitrogens with zero attached hydrogens (tertiary/aromatic N) is 5. The topological polar surface area (TPSA) is 116 Å². The first kappa shape index (κ1) is 21.8. The Bertz CT molecular complexity index is 1500. The molecule has 0 saturated heterocycles. The van der Waals surface area contributed by atoms with E-state index in [1.165, 1.54) is 7.11 Å². The summed E-state index contributed by atoms with van der Waals surface area (Å²) in [6.07, 6.45) is 3.39. The molecule has 0 fully saturated rings. The minimum atomic E-state index is -0.420. The highest BCUT2D eigenvalue weighted by Crippen LogP contribution is 2.29. The molecule has 2 aromatic carbocycles. The van der Waals surface area contributed by atoms with Crippen LogP contribution in [-0.4, -0.2) is 45.0 Å². The van der Waals surface area contributed by atoms with E-state index >= 15 is 0 Å². The van der Waals surface area contributed by atoms with Crippen molar-refractivity contribution in [2.24, 2.45) is 0 Å². The van der Waals surface area contributed by atoms with E-state index < -0.39 is 6.03 Å². The highest BCUT2D eigenvalue weighted by molar-refractivity contribution is 6.01. The van der Waals surface area contributed by atoms with E-state index in [0.717, 1.165) is 11.1 Å². The molecule has 35 heavy (non-hydrogen) atoms. The van der Waals surface area contributed by atoms with Gasteiger partial charge in [-0.2, -0.15) is 9.61 Å². The van der Waals surface area contributed by atoms with Crippen LogP contribution in [0.4, 0.5) is 16.2 Å². The molecule has 10 nitrogen and oxygen atoms in total. The van der Waals surface area contributed by atoms with Crippen LogP contribution in [0.5, 0.6) is 11.5 Å². The van der Waals surface area contributed by atoms with Crippen molar-refractivity contribution < 1.29 is 14.3 Å². The SMILES string of the molecule is COc1ccc(OC)c(NC(=O)Nc2cccc(-c3ccc4nnc(-c5ccncc5)n4n3)c2)c1. The Kier molecular flexibility index (Phi) is 5.91. The van der Waals surface area contributed by atoms with E-state index in [2.05, 4.69) is 25.8 Å². The van der Waals surface area contributed by atoms with Crippen LogP contribution < -0.4 is 20.1 Å². The fourth-order valence-corrected chi connectivity index (χ4v) is 3.58. The molecule has 2 N–H and O–H groups in total. The second-order valence-electron chi connectivity index (χ2n) is 7.47. The van der Waals surface area contributed by atoms with E-state index in [1.54, 1.807) is 48.3 Å². The van der Waals surface area contributed by atoms with Gasteiger partial charge in [-0.15, -0.1) is 10.2 Å². The molecule has 3 aromatic heterocycles. The molecule has 5 aromatic rings. The lowest BCUT2D eigenvalue weighted by Crippen LogP contribution is -2.19. The monoisotopic (exact) mass is 467 g/mol. The van der Waals surface area contributed by atoms with Crippen LogP contribution in [0, 0.1) is 0 Å². The second kappa shape index (κ2) is 9.48. The smallest absolute Gasteiger partial charge is 0.323 e. The maximum Gasteiger partial charge on any atom is 0.323 e. The number of methoxy groups -OCH3 is 2. The molecule has 174 valence electrons. The van der Waals surface area contributed by atoms with Crippen molar-refractivity contribution in [3.63, 3.8) is 0 Å². The summed E-state index contributed by atoms with van der Waals surface area (Å²) in [7, 11) is 3.09. The minimum Gasteiger partial charge on any atom is -0.497 e. The second-order valence-corrected chi connectivity index (χ2v) is 7.47. The molecule has 0 atom stereocenters. The number of urea groups is 1. The number of aromatic nitrogens is 5. The van der Waals surface area contributed by atoms with Gasteiger partial charge in [0.05, 0.1) is 25.6 Å². The molecule has 0 unspecified atom stereocenters. The molecule has 10 heteroatoms. The standard InChI is InChI=1S/C25H21N7O3/c1-34-19-6-8-22(35-2)21(15-19)28-25(33)27-18-5-3-4-17(14-18)20-7-9-23-29-30-24(32(23)31-20)16-10-12-26-13-11-16/h3-15H,1-2H3,(H2,27,28,33). The van der Waals surface area contributed by atoms with Gasteiger partial charge in [-0.3, -0.25) is 4.98 Å². The lowest BCUT2D eigenvalue weighted by atomic mass is 10.1. The lowest BCUT2D eigenvalue weighted by Gasteiger charge is -2.13. The predicted molar refractivity (Wildman–Crippen MR) is 132 cm³/mol. The van der Waals surface area contributed by atoms with Crippen molar-refractivity contribution >= 4 is 23.1 Å². The van der Waals surface area contributed by atoms with Crippen molar-refractivity contribution in [2.75, 3.05) is 24.9 Å². The number of anilines is 2. The van der Waals surface area contributed by atoms with Crippen LogP contribution in [0.25, 0.3) is 28.3 Å². The largest absolute Gasteiger partial charge is 0.497 e. The summed E-state index contributed by atoms with van der Waals surface area (Å²) in [4.78, 5) is 16.7. The fourth-order valence-electron chi connectivity index (χ4n) is 3.58. The number of benzene rings is 2. The molecular weight excluding hydrogens is 446 g/mol. The normalized spacial score (nSPS) is 10.7. The zero-order valence-corrected chi connectivity index (χ0v) is 19.0. The third-order valence-corrected chi connectivity index (χ3v) is 5.27. The Morgan fingerprint density at radius 2 is 1.71 bits per heavy atom. The van der Waals surface area contributed by atoms with Gasteiger partial charge in [0.15, 0.2) is 11.5 Å². The summed E-state index contributed by atoms with van der Waals surface area (Å²) in [5.41, 5.74) is 4.09. The third-order valence-electron chi connectivity index (χ3n) is 5.27. The number of rotatable bonds is 6. The van der Waals surface area contributed by atoms with Crippen LogP contribution >= 0.6 is 0 Å². The summed E-state index contributed by atoms with van der Waals surface area (Å²) in [6, 6.07) is 19.6. The molecule has 0 radical (unpaired) electrons. The number of hydrogen-bond acceptors (Lipinski definition) is 7. The molecule has 0 aliphatic heterocycles. The fraction of sp³-hybridized carbons (Fsp3) is 0.0800. The van der Waals surface area contributed by atoms with Gasteiger partial charge in [-0.1, -0.05) is 12.1 Å². The summed E-state index contributed by atoms with van der Waals surface area (Å²) in [5.74, 6) is 1.74. The van der Waals surface area contributed by atoms with E-state index in [4.69, 9.17) is 14.6 Å². The minimum absolute atomic E-state index is 0.420. The van der Waals surface area contributed by atoms with Crippen LogP contribution in [0.1, 0.15) is 0 Å². The highest BCUT2D eigenvalue weighted by Gasteiger charge is 2.12. The summed E-state index contributed by atoms with van der Waals surface area (Å²) < 4.78 is 12.2. The van der Waals surface area contributed by atoms with Gasteiger partial charge in [0.1, 0.15) is 11.5 Å². The number of amides is 2. The van der Waals surface area contributed by atoms with E-state index in [0.29, 0.717) is 40.0 Å². The Labute approximate surface area is 200 Å². The zero-order chi connectivity index (χ0) is 24.2. The van der Waals surface area contributed by atoms with Gasteiger partial charge < -0.3 is 20.1 Å². The van der Waals surface area contributed by atoms with Gasteiger partial charge >= 0.3 is 6.03 Å². The Balaban J connectivity index is 1.39. The quantitative estimate of drug-likeness (QED) is 0.377. The summed E-state index contributed by atoms with van der Waals surface area (Å²) in [5, 5.41) is 18.8. The molecule has 0 bridgehead atoms. The zero-order valence-electron chi connectivity index (χ0n) is 19.0. The van der Waals surface area contributed by atoms with Gasteiger partial charge in [0, 0.05) is 35.3 Å². The van der Waals surface area contributed by atoms with Crippen LogP contribution in [0.2, 0.25) is 0 Å². The lowest BCUT2D eigenvalue weighted by molar-refractivity contribution is 0.262.